The number of hydrogen-bond acceptors (Lipinski definition) is 10. The zero-order valence-electron chi connectivity index (χ0n) is 22.9. The van der Waals surface area contributed by atoms with Crippen molar-refractivity contribution in [2.75, 3.05) is 24.7 Å². The molecule has 3 heterocycles. The van der Waals surface area contributed by atoms with Crippen molar-refractivity contribution >= 4 is 45.5 Å². The Balaban J connectivity index is 1.81. The second-order valence-corrected chi connectivity index (χ2v) is 10.9. The first-order valence-corrected chi connectivity index (χ1v) is 14.9. The zero-order chi connectivity index (χ0) is 28.8. The number of thiazole rings is 1. The molecule has 0 radical (unpaired) electrons. The van der Waals surface area contributed by atoms with Crippen LogP contribution in [0.5, 0.6) is 11.5 Å². The van der Waals surface area contributed by atoms with E-state index in [-0.39, 0.29) is 22.2 Å². The van der Waals surface area contributed by atoms with E-state index in [1.54, 1.807) is 49.6 Å². The SMILES string of the molecule is CCCCCOc1ccc(C2C(C(=O)c3cccs3)=C(O)C(=O)N2c2nc(C)c(C(=O)OCC)s2)cc1OCC. The van der Waals surface area contributed by atoms with Crippen molar-refractivity contribution in [3.05, 3.63) is 68.1 Å². The molecular formula is C29H32N2O7S2. The maximum absolute atomic E-state index is 13.6. The number of esters is 1. The first-order chi connectivity index (χ1) is 19.3. The van der Waals surface area contributed by atoms with E-state index < -0.39 is 29.5 Å². The minimum atomic E-state index is -1.02. The van der Waals surface area contributed by atoms with Gasteiger partial charge in [-0.3, -0.25) is 14.5 Å². The number of anilines is 1. The fourth-order valence-electron chi connectivity index (χ4n) is 4.38. The van der Waals surface area contributed by atoms with Gasteiger partial charge in [-0.1, -0.05) is 43.2 Å². The number of aliphatic hydroxyl groups is 1. The number of Topliss-reactive ketones (excluding diaryl/α,β-unsaturated/α-hetero) is 1. The summed E-state index contributed by atoms with van der Waals surface area (Å²) < 4.78 is 17.0. The molecule has 1 atom stereocenters. The van der Waals surface area contributed by atoms with E-state index >= 15 is 0 Å². The highest BCUT2D eigenvalue weighted by molar-refractivity contribution is 7.17. The van der Waals surface area contributed by atoms with Crippen molar-refractivity contribution < 1.29 is 33.7 Å². The number of nitrogens with zero attached hydrogens (tertiary/aromatic N) is 2. The lowest BCUT2D eigenvalue weighted by atomic mass is 9.95. The Kier molecular flexibility index (Phi) is 9.59. The summed E-state index contributed by atoms with van der Waals surface area (Å²) in [7, 11) is 0. The molecule has 40 heavy (non-hydrogen) atoms. The fraction of sp³-hybridized carbons (Fsp3) is 0.379. The first-order valence-electron chi connectivity index (χ1n) is 13.2. The fourth-order valence-corrected chi connectivity index (χ4v) is 6.04. The van der Waals surface area contributed by atoms with Crippen LogP contribution < -0.4 is 14.4 Å². The number of hydrogen-bond donors (Lipinski definition) is 1. The standard InChI is InChI=1S/C29H32N2O7S2/c1-5-8-9-14-38-19-13-12-18(16-20(19)36-6-2)23-22(24(32)21-11-10-15-39-21)25(33)27(34)31(23)29-30-17(4)26(40-29)28(35)37-7-3/h10-13,15-16,23,33H,5-9,14H2,1-4H3. The molecule has 11 heteroatoms. The van der Waals surface area contributed by atoms with Crippen LogP contribution in [-0.2, 0) is 9.53 Å². The number of unbranched alkanes of at least 4 members (excludes halogenated alkanes) is 2. The van der Waals surface area contributed by atoms with Crippen LogP contribution in [0.25, 0.3) is 0 Å². The van der Waals surface area contributed by atoms with E-state index in [4.69, 9.17) is 14.2 Å². The van der Waals surface area contributed by atoms with Crippen LogP contribution in [0.3, 0.4) is 0 Å². The number of amides is 1. The number of carbonyl (C=O) groups excluding carboxylic acids is 3. The Morgan fingerprint density at radius 2 is 1.88 bits per heavy atom. The summed E-state index contributed by atoms with van der Waals surface area (Å²) in [6.07, 6.45) is 3.01. The summed E-state index contributed by atoms with van der Waals surface area (Å²) in [6.45, 7) is 8.40. The smallest absolute Gasteiger partial charge is 0.350 e. The van der Waals surface area contributed by atoms with Crippen molar-refractivity contribution in [3.63, 3.8) is 0 Å². The lowest BCUT2D eigenvalue weighted by Crippen LogP contribution is -2.31. The summed E-state index contributed by atoms with van der Waals surface area (Å²) >= 11 is 2.19. The number of thiophene rings is 1. The number of ether oxygens (including phenoxy) is 3. The molecule has 1 unspecified atom stereocenters. The van der Waals surface area contributed by atoms with Crippen molar-refractivity contribution in [2.45, 2.75) is 53.0 Å². The maximum Gasteiger partial charge on any atom is 0.350 e. The topological polar surface area (TPSA) is 115 Å². The van der Waals surface area contributed by atoms with Crippen LogP contribution in [0.4, 0.5) is 5.13 Å². The maximum atomic E-state index is 13.6. The van der Waals surface area contributed by atoms with Crippen LogP contribution in [0.15, 0.2) is 47.0 Å². The summed E-state index contributed by atoms with van der Waals surface area (Å²) in [4.78, 5) is 46.0. The third kappa shape index (κ3) is 5.90. The van der Waals surface area contributed by atoms with Crippen LogP contribution in [0, 0.1) is 6.92 Å². The van der Waals surface area contributed by atoms with Gasteiger partial charge in [0.05, 0.1) is 42.0 Å². The van der Waals surface area contributed by atoms with Gasteiger partial charge in [-0.25, -0.2) is 9.78 Å². The van der Waals surface area contributed by atoms with E-state index in [9.17, 15) is 19.5 Å². The van der Waals surface area contributed by atoms with Gasteiger partial charge in [0.1, 0.15) is 4.88 Å². The molecule has 3 aromatic rings. The molecule has 0 bridgehead atoms. The van der Waals surface area contributed by atoms with Gasteiger partial charge in [-0.05, 0) is 56.3 Å². The normalized spacial score (nSPS) is 15.1. The van der Waals surface area contributed by atoms with Gasteiger partial charge < -0.3 is 19.3 Å². The highest BCUT2D eigenvalue weighted by Gasteiger charge is 2.46. The Bertz CT molecular complexity index is 1410. The average Bonchev–Trinajstić information content (AvgIpc) is 3.66. The second kappa shape index (κ2) is 13.1. The molecule has 1 aliphatic rings. The molecule has 0 fully saturated rings. The minimum absolute atomic E-state index is 0.0722. The van der Waals surface area contributed by atoms with Crippen molar-refractivity contribution in [2.24, 2.45) is 0 Å². The van der Waals surface area contributed by atoms with Gasteiger partial charge in [0.15, 0.2) is 22.4 Å². The molecule has 1 aromatic carbocycles. The monoisotopic (exact) mass is 584 g/mol. The Labute approximate surface area is 241 Å². The van der Waals surface area contributed by atoms with E-state index in [2.05, 4.69) is 11.9 Å². The number of benzene rings is 1. The molecule has 1 aliphatic heterocycles. The van der Waals surface area contributed by atoms with Crippen molar-refractivity contribution in [3.8, 4) is 11.5 Å². The first kappa shape index (κ1) is 29.3. The molecule has 0 saturated carbocycles. The zero-order valence-corrected chi connectivity index (χ0v) is 24.5. The number of rotatable bonds is 13. The molecule has 2 aromatic heterocycles. The summed E-state index contributed by atoms with van der Waals surface area (Å²) in [6, 6.07) is 7.56. The minimum Gasteiger partial charge on any atom is -0.503 e. The van der Waals surface area contributed by atoms with E-state index in [1.165, 1.54) is 16.2 Å². The second-order valence-electron chi connectivity index (χ2n) is 8.97. The third-order valence-corrected chi connectivity index (χ3v) is 8.24. The van der Waals surface area contributed by atoms with Gasteiger partial charge in [0.2, 0.25) is 5.78 Å². The largest absolute Gasteiger partial charge is 0.503 e. The Morgan fingerprint density at radius 3 is 2.55 bits per heavy atom. The summed E-state index contributed by atoms with van der Waals surface area (Å²) in [5.41, 5.74) is 0.831. The number of aromatic nitrogens is 1. The predicted octanol–water partition coefficient (Wildman–Crippen LogP) is 6.44. The van der Waals surface area contributed by atoms with Crippen LogP contribution in [0.1, 0.15) is 76.7 Å². The molecule has 1 N–H and O–H groups in total. The average molecular weight is 585 g/mol. The Morgan fingerprint density at radius 1 is 1.07 bits per heavy atom. The van der Waals surface area contributed by atoms with Gasteiger partial charge in [-0.2, -0.15) is 0 Å². The molecule has 0 spiro atoms. The van der Waals surface area contributed by atoms with Gasteiger partial charge >= 0.3 is 5.97 Å². The van der Waals surface area contributed by atoms with E-state index in [0.717, 1.165) is 30.6 Å². The molecule has 4 rings (SSSR count). The number of aryl methyl sites for hydroxylation is 1. The highest BCUT2D eigenvalue weighted by atomic mass is 32.1. The molecule has 212 valence electrons. The van der Waals surface area contributed by atoms with Crippen LogP contribution in [0.2, 0.25) is 0 Å². The molecular weight excluding hydrogens is 552 g/mol. The van der Waals surface area contributed by atoms with Gasteiger partial charge in [0, 0.05) is 0 Å². The van der Waals surface area contributed by atoms with E-state index in [0.29, 0.717) is 40.8 Å². The van der Waals surface area contributed by atoms with Crippen LogP contribution >= 0.6 is 22.7 Å². The van der Waals surface area contributed by atoms with Gasteiger partial charge in [-0.15, -0.1) is 11.3 Å². The van der Waals surface area contributed by atoms with Gasteiger partial charge in [0.25, 0.3) is 5.91 Å². The van der Waals surface area contributed by atoms with E-state index in [1.807, 2.05) is 6.92 Å². The Hall–Kier alpha value is -3.70. The molecule has 0 aliphatic carbocycles. The number of aliphatic hydroxyl groups excluding tert-OH is 1. The van der Waals surface area contributed by atoms with Crippen molar-refractivity contribution in [1.82, 2.24) is 4.98 Å². The van der Waals surface area contributed by atoms with Crippen molar-refractivity contribution in [1.29, 1.82) is 0 Å². The molecule has 0 saturated heterocycles. The molecule has 1 amide bonds. The summed E-state index contributed by atoms with van der Waals surface area (Å²) in [5, 5.41) is 13.0. The number of ketones is 1. The number of carbonyl (C=O) groups is 3. The lowest BCUT2D eigenvalue weighted by Gasteiger charge is -2.25. The molecule has 9 nitrogen and oxygen atoms in total. The highest BCUT2D eigenvalue weighted by Crippen LogP contribution is 2.45. The summed E-state index contributed by atoms with van der Waals surface area (Å²) in [5.74, 6) is -1.46. The predicted molar refractivity (Wildman–Crippen MR) is 154 cm³/mol. The van der Waals surface area contributed by atoms with Crippen LogP contribution in [-0.4, -0.2) is 47.6 Å². The quantitative estimate of drug-likeness (QED) is 0.139. The lowest BCUT2D eigenvalue weighted by molar-refractivity contribution is -0.117. The third-order valence-electron chi connectivity index (χ3n) is 6.24.